The lowest BCUT2D eigenvalue weighted by molar-refractivity contribution is -0.132. The Morgan fingerprint density at radius 2 is 2.05 bits per heavy atom. The first-order valence-electron chi connectivity index (χ1n) is 5.79. The van der Waals surface area contributed by atoms with Crippen molar-refractivity contribution in [1.29, 1.82) is 0 Å². The van der Waals surface area contributed by atoms with Gasteiger partial charge in [-0.3, -0.25) is 4.79 Å². The predicted octanol–water partition coefficient (Wildman–Crippen LogP) is 2.20. The molecule has 20 heavy (non-hydrogen) atoms. The second-order valence-corrected chi connectivity index (χ2v) is 4.57. The van der Waals surface area contributed by atoms with E-state index in [1.165, 1.54) is 13.1 Å². The van der Waals surface area contributed by atoms with Crippen LogP contribution >= 0.6 is 0 Å². The quantitative estimate of drug-likeness (QED) is 0.840. The number of hydrogen-bond donors (Lipinski definition) is 2. The van der Waals surface area contributed by atoms with Gasteiger partial charge in [0.15, 0.2) is 6.10 Å². The number of aliphatic hydroxyl groups is 1. The molecular weight excluding hydrogens is 280 g/mol. The van der Waals surface area contributed by atoms with Gasteiger partial charge in [0.2, 0.25) is 0 Å². The predicted molar refractivity (Wildman–Crippen MR) is 63.9 cm³/mol. The molecule has 0 bridgehead atoms. The van der Waals surface area contributed by atoms with E-state index in [4.69, 9.17) is 0 Å². The van der Waals surface area contributed by atoms with Crippen LogP contribution in [0.5, 0.6) is 0 Å². The molecule has 1 aromatic carbocycles. The number of hydrogen-bond acceptors (Lipinski definition) is 3. The molecule has 4 nitrogen and oxygen atoms in total. The fourth-order valence-corrected chi connectivity index (χ4v) is 1.96. The summed E-state index contributed by atoms with van der Waals surface area (Å²) in [6.45, 7) is -0.407. The zero-order valence-electron chi connectivity index (χ0n) is 10.5. The monoisotopic (exact) mass is 292 g/mol. The van der Waals surface area contributed by atoms with E-state index in [0.717, 1.165) is 11.0 Å². The highest BCUT2D eigenvalue weighted by molar-refractivity contribution is 6.02. The SMILES string of the molecule is CN(CCC(F)(F)F)c1cc2c(cc1F)C(O)C(=O)N2. The zero-order chi connectivity index (χ0) is 15.1. The lowest BCUT2D eigenvalue weighted by Gasteiger charge is -2.21. The molecule has 110 valence electrons. The third-order valence-electron chi connectivity index (χ3n) is 3.06. The molecule has 1 aliphatic heterocycles. The Hall–Kier alpha value is -1.83. The second-order valence-electron chi connectivity index (χ2n) is 4.57. The maximum Gasteiger partial charge on any atom is 0.390 e. The average molecular weight is 292 g/mol. The molecule has 0 aromatic heterocycles. The minimum atomic E-state index is -4.33. The Labute approximate surface area is 112 Å². The van der Waals surface area contributed by atoms with Gasteiger partial charge in [0.05, 0.1) is 12.1 Å². The van der Waals surface area contributed by atoms with E-state index in [1.54, 1.807) is 0 Å². The Morgan fingerprint density at radius 3 is 2.65 bits per heavy atom. The minimum Gasteiger partial charge on any atom is -0.378 e. The van der Waals surface area contributed by atoms with Crippen molar-refractivity contribution in [3.05, 3.63) is 23.5 Å². The summed E-state index contributed by atoms with van der Waals surface area (Å²) in [6.07, 6.45) is -6.85. The van der Waals surface area contributed by atoms with E-state index >= 15 is 0 Å². The van der Waals surface area contributed by atoms with Crippen molar-refractivity contribution in [3.8, 4) is 0 Å². The normalized spacial score (nSPS) is 17.9. The zero-order valence-corrected chi connectivity index (χ0v) is 10.5. The van der Waals surface area contributed by atoms with Crippen LogP contribution in [0.25, 0.3) is 0 Å². The van der Waals surface area contributed by atoms with E-state index in [2.05, 4.69) is 5.32 Å². The van der Waals surface area contributed by atoms with Crippen LogP contribution in [-0.4, -0.2) is 30.8 Å². The molecule has 2 rings (SSSR count). The number of benzene rings is 1. The third-order valence-corrected chi connectivity index (χ3v) is 3.06. The van der Waals surface area contributed by atoms with Crippen molar-refractivity contribution < 1.29 is 27.5 Å². The Kier molecular flexibility index (Phi) is 3.59. The van der Waals surface area contributed by atoms with Gasteiger partial charge in [-0.25, -0.2) is 4.39 Å². The lowest BCUT2D eigenvalue weighted by atomic mass is 10.1. The first-order valence-corrected chi connectivity index (χ1v) is 5.79. The number of nitrogens with one attached hydrogen (secondary N) is 1. The summed E-state index contributed by atoms with van der Waals surface area (Å²) in [6, 6.07) is 2.17. The molecule has 1 atom stereocenters. The summed E-state index contributed by atoms with van der Waals surface area (Å²) in [5, 5.41) is 11.8. The summed E-state index contributed by atoms with van der Waals surface area (Å²) in [5.41, 5.74) is 0.223. The molecule has 8 heteroatoms. The number of fused-ring (bicyclic) bond motifs is 1. The maximum absolute atomic E-state index is 13.8. The van der Waals surface area contributed by atoms with Gasteiger partial charge < -0.3 is 15.3 Å². The van der Waals surface area contributed by atoms with Crippen LogP contribution in [0.2, 0.25) is 0 Å². The van der Waals surface area contributed by atoms with Gasteiger partial charge in [0.1, 0.15) is 5.82 Å². The Balaban J connectivity index is 2.22. The van der Waals surface area contributed by atoms with Crippen molar-refractivity contribution >= 4 is 17.3 Å². The van der Waals surface area contributed by atoms with E-state index in [-0.39, 0.29) is 16.9 Å². The summed E-state index contributed by atoms with van der Waals surface area (Å²) >= 11 is 0. The van der Waals surface area contributed by atoms with Gasteiger partial charge in [-0.1, -0.05) is 0 Å². The highest BCUT2D eigenvalue weighted by atomic mass is 19.4. The standard InChI is InChI=1S/C12H12F4N2O2/c1-18(3-2-12(14,15)16)9-5-8-6(4-7(9)13)10(19)11(20)17-8/h4-5,10,19H,2-3H2,1H3,(H,17,20). The van der Waals surface area contributed by atoms with Crippen molar-refractivity contribution in [1.82, 2.24) is 0 Å². The first kappa shape index (κ1) is 14.6. The number of nitrogens with zero attached hydrogens (tertiary/aromatic N) is 1. The number of carbonyl (C=O) groups excluding carboxylic acids is 1. The number of aliphatic hydroxyl groups excluding tert-OH is 1. The molecule has 0 aliphatic carbocycles. The Morgan fingerprint density at radius 1 is 1.40 bits per heavy atom. The molecule has 1 amide bonds. The van der Waals surface area contributed by atoms with Gasteiger partial charge in [-0.2, -0.15) is 13.2 Å². The average Bonchev–Trinajstić information content (AvgIpc) is 2.61. The van der Waals surface area contributed by atoms with Crippen LogP contribution in [0.3, 0.4) is 0 Å². The number of amides is 1. The molecule has 0 radical (unpaired) electrons. The van der Waals surface area contributed by atoms with Crippen LogP contribution in [-0.2, 0) is 4.79 Å². The van der Waals surface area contributed by atoms with Crippen molar-refractivity contribution in [3.63, 3.8) is 0 Å². The molecule has 1 heterocycles. The van der Waals surface area contributed by atoms with Crippen molar-refractivity contribution in [2.24, 2.45) is 0 Å². The van der Waals surface area contributed by atoms with Crippen LogP contribution in [0.4, 0.5) is 28.9 Å². The molecule has 0 spiro atoms. The molecule has 0 saturated carbocycles. The van der Waals surface area contributed by atoms with Gasteiger partial charge in [0, 0.05) is 24.8 Å². The number of carbonyl (C=O) groups is 1. The third kappa shape index (κ3) is 2.84. The smallest absolute Gasteiger partial charge is 0.378 e. The molecular formula is C12H12F4N2O2. The summed E-state index contributed by atoms with van der Waals surface area (Å²) in [7, 11) is 1.32. The topological polar surface area (TPSA) is 52.6 Å². The van der Waals surface area contributed by atoms with E-state index in [0.29, 0.717) is 0 Å². The number of halogens is 4. The molecule has 1 unspecified atom stereocenters. The largest absolute Gasteiger partial charge is 0.390 e. The van der Waals surface area contributed by atoms with E-state index in [1.807, 2.05) is 0 Å². The molecule has 2 N–H and O–H groups in total. The summed E-state index contributed by atoms with van der Waals surface area (Å²) in [4.78, 5) is 12.3. The van der Waals surface area contributed by atoms with Gasteiger partial charge in [-0.15, -0.1) is 0 Å². The second kappa shape index (κ2) is 4.93. The van der Waals surface area contributed by atoms with Crippen LogP contribution in [0.15, 0.2) is 12.1 Å². The Bertz CT molecular complexity index is 545. The minimum absolute atomic E-state index is 0.0672. The highest BCUT2D eigenvalue weighted by Crippen LogP contribution is 2.36. The fraction of sp³-hybridized carbons (Fsp3) is 0.417. The molecule has 0 saturated heterocycles. The van der Waals surface area contributed by atoms with Crippen LogP contribution in [0, 0.1) is 5.82 Å². The highest BCUT2D eigenvalue weighted by Gasteiger charge is 2.31. The molecule has 0 fully saturated rings. The van der Waals surface area contributed by atoms with Gasteiger partial charge in [-0.05, 0) is 12.1 Å². The lowest BCUT2D eigenvalue weighted by Crippen LogP contribution is -2.24. The van der Waals surface area contributed by atoms with Gasteiger partial charge in [0.25, 0.3) is 5.91 Å². The number of anilines is 2. The molecule has 1 aromatic rings. The van der Waals surface area contributed by atoms with Crippen molar-refractivity contribution in [2.75, 3.05) is 23.8 Å². The van der Waals surface area contributed by atoms with E-state index in [9.17, 15) is 27.5 Å². The van der Waals surface area contributed by atoms with Gasteiger partial charge >= 0.3 is 6.18 Å². The summed E-state index contributed by atoms with van der Waals surface area (Å²) in [5.74, 6) is -1.47. The fourth-order valence-electron chi connectivity index (χ4n) is 1.96. The number of alkyl halides is 3. The first-order chi connectivity index (χ1) is 9.19. The van der Waals surface area contributed by atoms with Crippen LogP contribution in [0.1, 0.15) is 18.1 Å². The van der Waals surface area contributed by atoms with E-state index < -0.39 is 37.0 Å². The number of rotatable bonds is 3. The molecule has 1 aliphatic rings. The van der Waals surface area contributed by atoms with Crippen molar-refractivity contribution in [2.45, 2.75) is 18.7 Å². The van der Waals surface area contributed by atoms with Crippen LogP contribution < -0.4 is 10.2 Å². The summed E-state index contributed by atoms with van der Waals surface area (Å²) < 4.78 is 50.3. The maximum atomic E-state index is 13.8.